The number of hydrogen-bond acceptors (Lipinski definition) is 3. The topological polar surface area (TPSA) is 47.1 Å². The molecule has 13 heavy (non-hydrogen) atoms. The van der Waals surface area contributed by atoms with Crippen LogP contribution in [0.15, 0.2) is 12.3 Å². The Morgan fingerprint density at radius 2 is 2.38 bits per heavy atom. The first-order chi connectivity index (χ1) is 6.26. The number of aromatic nitrogens is 2. The highest BCUT2D eigenvalue weighted by Gasteiger charge is 2.03. The van der Waals surface area contributed by atoms with E-state index in [9.17, 15) is 0 Å². The van der Waals surface area contributed by atoms with E-state index in [2.05, 4.69) is 16.9 Å². The van der Waals surface area contributed by atoms with Crippen LogP contribution in [-0.2, 0) is 13.6 Å². The highest BCUT2D eigenvalue weighted by atomic mass is 15.3. The molecule has 74 valence electrons. The predicted molar refractivity (Wildman–Crippen MR) is 53.2 cm³/mol. The van der Waals surface area contributed by atoms with Crippen LogP contribution in [0.3, 0.4) is 0 Å². The van der Waals surface area contributed by atoms with E-state index in [1.807, 2.05) is 24.0 Å². The molecule has 4 nitrogen and oxygen atoms in total. The van der Waals surface area contributed by atoms with Gasteiger partial charge in [0.2, 0.25) is 0 Å². The largest absolute Gasteiger partial charge is 0.329 e. The van der Waals surface area contributed by atoms with E-state index in [1.54, 1.807) is 0 Å². The van der Waals surface area contributed by atoms with Crippen molar-refractivity contribution in [3.63, 3.8) is 0 Å². The molecule has 0 saturated carbocycles. The summed E-state index contributed by atoms with van der Waals surface area (Å²) in [5.41, 5.74) is 6.61. The van der Waals surface area contributed by atoms with Crippen molar-refractivity contribution in [3.8, 4) is 0 Å². The average Bonchev–Trinajstić information content (AvgIpc) is 2.50. The molecular weight excluding hydrogens is 164 g/mol. The molecule has 0 aliphatic heterocycles. The quantitative estimate of drug-likeness (QED) is 0.707. The third-order valence-corrected chi connectivity index (χ3v) is 2.05. The first-order valence-corrected chi connectivity index (χ1v) is 4.67. The predicted octanol–water partition coefficient (Wildman–Crippen LogP) is 0.201. The van der Waals surface area contributed by atoms with Crippen LogP contribution in [0.4, 0.5) is 0 Å². The summed E-state index contributed by atoms with van der Waals surface area (Å²) in [6, 6.07) is 2.04. The number of aryl methyl sites for hydroxylation is 1. The number of rotatable bonds is 5. The van der Waals surface area contributed by atoms with Gasteiger partial charge in [-0.15, -0.1) is 0 Å². The molecule has 0 saturated heterocycles. The molecule has 0 radical (unpaired) electrons. The fourth-order valence-electron chi connectivity index (χ4n) is 1.31. The van der Waals surface area contributed by atoms with Gasteiger partial charge in [-0.2, -0.15) is 5.10 Å². The van der Waals surface area contributed by atoms with E-state index in [-0.39, 0.29) is 0 Å². The summed E-state index contributed by atoms with van der Waals surface area (Å²) in [7, 11) is 1.93. The molecule has 0 aliphatic rings. The molecule has 0 unspecified atom stereocenters. The van der Waals surface area contributed by atoms with E-state index in [4.69, 9.17) is 5.73 Å². The van der Waals surface area contributed by atoms with E-state index >= 15 is 0 Å². The summed E-state index contributed by atoms with van der Waals surface area (Å²) in [5.74, 6) is 0. The van der Waals surface area contributed by atoms with Gasteiger partial charge in [0.05, 0.1) is 5.69 Å². The Labute approximate surface area is 79.3 Å². The van der Waals surface area contributed by atoms with Gasteiger partial charge in [0.1, 0.15) is 0 Å². The maximum Gasteiger partial charge on any atom is 0.0764 e. The Kier molecular flexibility index (Phi) is 3.92. The Balaban J connectivity index is 2.46. The van der Waals surface area contributed by atoms with Gasteiger partial charge >= 0.3 is 0 Å². The lowest BCUT2D eigenvalue weighted by molar-refractivity contribution is 0.284. The molecule has 0 aromatic carbocycles. The van der Waals surface area contributed by atoms with Gasteiger partial charge in [-0.1, -0.05) is 6.92 Å². The van der Waals surface area contributed by atoms with Gasteiger partial charge < -0.3 is 5.73 Å². The first-order valence-electron chi connectivity index (χ1n) is 4.67. The lowest BCUT2D eigenvalue weighted by Gasteiger charge is -2.17. The Morgan fingerprint density at radius 1 is 1.62 bits per heavy atom. The van der Waals surface area contributed by atoms with Gasteiger partial charge in [0.25, 0.3) is 0 Å². The van der Waals surface area contributed by atoms with E-state index < -0.39 is 0 Å². The molecule has 1 rings (SSSR count). The van der Waals surface area contributed by atoms with E-state index in [0.717, 1.165) is 25.3 Å². The Hall–Kier alpha value is -0.870. The second kappa shape index (κ2) is 4.99. The molecule has 0 aliphatic carbocycles. The van der Waals surface area contributed by atoms with Gasteiger partial charge in [0, 0.05) is 32.9 Å². The van der Waals surface area contributed by atoms with Crippen molar-refractivity contribution in [1.82, 2.24) is 14.7 Å². The summed E-state index contributed by atoms with van der Waals surface area (Å²) in [4.78, 5) is 2.28. The zero-order chi connectivity index (χ0) is 9.68. The maximum absolute atomic E-state index is 5.50. The summed E-state index contributed by atoms with van der Waals surface area (Å²) in [5, 5.41) is 4.31. The fourth-order valence-corrected chi connectivity index (χ4v) is 1.31. The normalized spacial score (nSPS) is 11.1. The van der Waals surface area contributed by atoms with E-state index in [1.165, 1.54) is 0 Å². The van der Waals surface area contributed by atoms with Gasteiger partial charge in [-0.25, -0.2) is 0 Å². The van der Waals surface area contributed by atoms with Crippen LogP contribution in [0, 0.1) is 0 Å². The van der Waals surface area contributed by atoms with Crippen molar-refractivity contribution < 1.29 is 0 Å². The molecule has 0 fully saturated rings. The summed E-state index contributed by atoms with van der Waals surface area (Å²) >= 11 is 0. The van der Waals surface area contributed by atoms with Gasteiger partial charge in [-0.3, -0.25) is 9.58 Å². The second-order valence-electron chi connectivity index (χ2n) is 3.14. The van der Waals surface area contributed by atoms with Crippen LogP contribution in [0.2, 0.25) is 0 Å². The zero-order valence-corrected chi connectivity index (χ0v) is 8.40. The van der Waals surface area contributed by atoms with Crippen molar-refractivity contribution in [2.75, 3.05) is 19.6 Å². The van der Waals surface area contributed by atoms with Crippen molar-refractivity contribution in [3.05, 3.63) is 18.0 Å². The van der Waals surface area contributed by atoms with Crippen molar-refractivity contribution >= 4 is 0 Å². The standard InChI is InChI=1S/C9H18N4/c1-3-13(7-5-10)8-9-4-6-12(2)11-9/h4,6H,3,5,7-8,10H2,1-2H3. The molecule has 0 spiro atoms. The molecule has 1 aromatic rings. The van der Waals surface area contributed by atoms with Crippen LogP contribution in [0.25, 0.3) is 0 Å². The minimum atomic E-state index is 0.709. The lowest BCUT2D eigenvalue weighted by atomic mass is 10.4. The summed E-state index contributed by atoms with van der Waals surface area (Å²) in [6.45, 7) is 5.70. The van der Waals surface area contributed by atoms with Crippen molar-refractivity contribution in [1.29, 1.82) is 0 Å². The van der Waals surface area contributed by atoms with Gasteiger partial charge in [0.15, 0.2) is 0 Å². The van der Waals surface area contributed by atoms with E-state index in [0.29, 0.717) is 6.54 Å². The molecule has 2 N–H and O–H groups in total. The summed E-state index contributed by atoms with van der Waals surface area (Å²) < 4.78 is 1.83. The number of hydrogen-bond donors (Lipinski definition) is 1. The third-order valence-electron chi connectivity index (χ3n) is 2.05. The second-order valence-corrected chi connectivity index (χ2v) is 3.14. The SMILES string of the molecule is CCN(CCN)Cc1ccn(C)n1. The minimum absolute atomic E-state index is 0.709. The molecule has 1 heterocycles. The molecule has 0 bridgehead atoms. The smallest absolute Gasteiger partial charge is 0.0764 e. The van der Waals surface area contributed by atoms with Crippen LogP contribution in [0.5, 0.6) is 0 Å². The first kappa shape index (κ1) is 10.2. The zero-order valence-electron chi connectivity index (χ0n) is 8.40. The lowest BCUT2D eigenvalue weighted by Crippen LogP contribution is -2.29. The fraction of sp³-hybridized carbons (Fsp3) is 0.667. The minimum Gasteiger partial charge on any atom is -0.329 e. The van der Waals surface area contributed by atoms with Crippen LogP contribution in [-0.4, -0.2) is 34.3 Å². The van der Waals surface area contributed by atoms with Crippen LogP contribution in [0.1, 0.15) is 12.6 Å². The number of likely N-dealkylation sites (N-methyl/N-ethyl adjacent to an activating group) is 1. The van der Waals surface area contributed by atoms with Crippen LogP contribution < -0.4 is 5.73 Å². The number of nitrogens with zero attached hydrogens (tertiary/aromatic N) is 3. The molecule has 0 amide bonds. The summed E-state index contributed by atoms with van der Waals surface area (Å²) in [6.07, 6.45) is 1.96. The highest BCUT2D eigenvalue weighted by Crippen LogP contribution is 1.99. The average molecular weight is 182 g/mol. The maximum atomic E-state index is 5.50. The Bertz CT molecular complexity index is 244. The molecule has 1 aromatic heterocycles. The monoisotopic (exact) mass is 182 g/mol. The third kappa shape index (κ3) is 3.16. The molecule has 4 heteroatoms. The van der Waals surface area contributed by atoms with Crippen molar-refractivity contribution in [2.24, 2.45) is 12.8 Å². The highest BCUT2D eigenvalue weighted by molar-refractivity contribution is 4.98. The molecule has 0 atom stereocenters. The van der Waals surface area contributed by atoms with Crippen LogP contribution >= 0.6 is 0 Å². The van der Waals surface area contributed by atoms with Gasteiger partial charge in [-0.05, 0) is 12.6 Å². The Morgan fingerprint density at radius 3 is 2.85 bits per heavy atom. The number of nitrogens with two attached hydrogens (primary N) is 1. The van der Waals surface area contributed by atoms with Crippen molar-refractivity contribution in [2.45, 2.75) is 13.5 Å². The molecular formula is C9H18N4.